The van der Waals surface area contributed by atoms with Crippen LogP contribution in [-0.4, -0.2) is 25.5 Å². The van der Waals surface area contributed by atoms with Gasteiger partial charge in [0.2, 0.25) is 0 Å². The Morgan fingerprint density at radius 2 is 1.76 bits per heavy atom. The van der Waals surface area contributed by atoms with Gasteiger partial charge in [0.1, 0.15) is 6.79 Å². The molecule has 0 aromatic carbocycles. The van der Waals surface area contributed by atoms with Gasteiger partial charge in [-0.25, -0.2) is 0 Å². The van der Waals surface area contributed by atoms with E-state index in [0.29, 0.717) is 18.8 Å². The summed E-state index contributed by atoms with van der Waals surface area (Å²) in [5.41, 5.74) is 6.24. The standard InChI is InChI=1S/C14H27NO2/c1-13(2)5-7-14(10-15,8-6-13)17-11-16-9-12-3-4-12/h12H,3-11,15H2,1-2H3. The van der Waals surface area contributed by atoms with Gasteiger partial charge >= 0.3 is 0 Å². The first-order valence-electron chi connectivity index (χ1n) is 6.97. The van der Waals surface area contributed by atoms with E-state index in [-0.39, 0.29) is 5.60 Å². The molecule has 0 amide bonds. The minimum absolute atomic E-state index is 0.112. The van der Waals surface area contributed by atoms with E-state index in [1.54, 1.807) is 0 Å². The van der Waals surface area contributed by atoms with Gasteiger partial charge in [-0.2, -0.15) is 0 Å². The largest absolute Gasteiger partial charge is 0.355 e. The number of rotatable bonds is 6. The molecule has 0 unspecified atom stereocenters. The lowest BCUT2D eigenvalue weighted by Crippen LogP contribution is -2.46. The lowest BCUT2D eigenvalue weighted by molar-refractivity contribution is -0.160. The molecule has 17 heavy (non-hydrogen) atoms. The number of ether oxygens (including phenoxy) is 2. The van der Waals surface area contributed by atoms with Crippen molar-refractivity contribution >= 4 is 0 Å². The third kappa shape index (κ3) is 3.94. The van der Waals surface area contributed by atoms with Gasteiger partial charge < -0.3 is 15.2 Å². The molecule has 0 aromatic heterocycles. The summed E-state index contributed by atoms with van der Waals surface area (Å²) in [4.78, 5) is 0. The van der Waals surface area contributed by atoms with Crippen molar-refractivity contribution in [1.82, 2.24) is 0 Å². The molecule has 0 aliphatic heterocycles. The zero-order valence-corrected chi connectivity index (χ0v) is 11.3. The van der Waals surface area contributed by atoms with Crippen LogP contribution in [0.1, 0.15) is 52.4 Å². The van der Waals surface area contributed by atoms with Gasteiger partial charge in [0.15, 0.2) is 0 Å². The summed E-state index contributed by atoms with van der Waals surface area (Å²) in [5, 5.41) is 0. The van der Waals surface area contributed by atoms with Gasteiger partial charge in [-0.15, -0.1) is 0 Å². The van der Waals surface area contributed by atoms with Crippen LogP contribution in [0, 0.1) is 11.3 Å². The lowest BCUT2D eigenvalue weighted by Gasteiger charge is -2.42. The molecule has 2 aliphatic rings. The van der Waals surface area contributed by atoms with Crippen LogP contribution in [0.5, 0.6) is 0 Å². The maximum absolute atomic E-state index is 5.94. The molecule has 2 saturated carbocycles. The van der Waals surface area contributed by atoms with Gasteiger partial charge in [-0.1, -0.05) is 13.8 Å². The van der Waals surface area contributed by atoms with Crippen LogP contribution in [0.3, 0.4) is 0 Å². The fourth-order valence-electron chi connectivity index (χ4n) is 2.46. The molecule has 2 aliphatic carbocycles. The molecule has 0 spiro atoms. The van der Waals surface area contributed by atoms with Crippen LogP contribution >= 0.6 is 0 Å². The fourth-order valence-corrected chi connectivity index (χ4v) is 2.46. The molecular weight excluding hydrogens is 214 g/mol. The summed E-state index contributed by atoms with van der Waals surface area (Å²) in [6.45, 7) is 6.57. The minimum atomic E-state index is -0.112. The number of nitrogens with two attached hydrogens (primary N) is 1. The van der Waals surface area contributed by atoms with Crippen LogP contribution < -0.4 is 5.73 Å². The number of hydrogen-bond donors (Lipinski definition) is 1. The molecule has 100 valence electrons. The molecule has 2 fully saturated rings. The highest BCUT2D eigenvalue weighted by atomic mass is 16.7. The molecule has 0 bridgehead atoms. The normalized spacial score (nSPS) is 27.0. The molecule has 0 atom stereocenters. The Hall–Kier alpha value is -0.120. The second kappa shape index (κ2) is 5.25. The van der Waals surface area contributed by atoms with E-state index in [9.17, 15) is 0 Å². The van der Waals surface area contributed by atoms with Crippen molar-refractivity contribution in [3.8, 4) is 0 Å². The van der Waals surface area contributed by atoms with Gasteiger partial charge in [0, 0.05) is 6.54 Å². The summed E-state index contributed by atoms with van der Waals surface area (Å²) >= 11 is 0. The highest BCUT2D eigenvalue weighted by Crippen LogP contribution is 2.41. The molecule has 2 N–H and O–H groups in total. The Morgan fingerprint density at radius 3 is 2.29 bits per heavy atom. The van der Waals surface area contributed by atoms with Crippen LogP contribution in [0.4, 0.5) is 0 Å². The molecular formula is C14H27NO2. The summed E-state index contributed by atoms with van der Waals surface area (Å²) in [6, 6.07) is 0. The molecule has 2 rings (SSSR count). The average Bonchev–Trinajstić information content (AvgIpc) is 3.11. The summed E-state index contributed by atoms with van der Waals surface area (Å²) in [6.07, 6.45) is 7.21. The van der Waals surface area contributed by atoms with E-state index in [1.165, 1.54) is 25.7 Å². The summed E-state index contributed by atoms with van der Waals surface area (Å²) in [5.74, 6) is 0.803. The monoisotopic (exact) mass is 241 g/mol. The smallest absolute Gasteiger partial charge is 0.147 e. The lowest BCUT2D eigenvalue weighted by atomic mass is 9.71. The molecule has 0 saturated heterocycles. The van der Waals surface area contributed by atoms with Crippen molar-refractivity contribution < 1.29 is 9.47 Å². The van der Waals surface area contributed by atoms with E-state index in [2.05, 4.69) is 13.8 Å². The van der Waals surface area contributed by atoms with E-state index in [1.807, 2.05) is 0 Å². The van der Waals surface area contributed by atoms with Crippen molar-refractivity contribution in [1.29, 1.82) is 0 Å². The first-order valence-corrected chi connectivity index (χ1v) is 6.97. The van der Waals surface area contributed by atoms with E-state index < -0.39 is 0 Å². The predicted octanol–water partition coefficient (Wildman–Crippen LogP) is 2.68. The Balaban J connectivity index is 1.70. The highest BCUT2D eigenvalue weighted by molar-refractivity contribution is 4.91. The van der Waals surface area contributed by atoms with Crippen LogP contribution in [0.25, 0.3) is 0 Å². The maximum Gasteiger partial charge on any atom is 0.147 e. The molecule has 3 heteroatoms. The van der Waals surface area contributed by atoms with Gasteiger partial charge in [0.25, 0.3) is 0 Å². The second-order valence-corrected chi connectivity index (χ2v) is 6.63. The highest BCUT2D eigenvalue weighted by Gasteiger charge is 2.38. The molecule has 3 nitrogen and oxygen atoms in total. The third-order valence-electron chi connectivity index (χ3n) is 4.39. The fraction of sp³-hybridized carbons (Fsp3) is 1.00. The van der Waals surface area contributed by atoms with Crippen molar-refractivity contribution in [3.05, 3.63) is 0 Å². The predicted molar refractivity (Wildman–Crippen MR) is 68.7 cm³/mol. The van der Waals surface area contributed by atoms with Gasteiger partial charge in [0.05, 0.1) is 12.2 Å². The average molecular weight is 241 g/mol. The topological polar surface area (TPSA) is 44.5 Å². The Labute approximate surface area is 105 Å². The molecule has 0 radical (unpaired) electrons. The van der Waals surface area contributed by atoms with Gasteiger partial charge in [-0.3, -0.25) is 0 Å². The molecule has 0 heterocycles. The van der Waals surface area contributed by atoms with E-state index >= 15 is 0 Å². The summed E-state index contributed by atoms with van der Waals surface area (Å²) in [7, 11) is 0. The van der Waals surface area contributed by atoms with E-state index in [0.717, 1.165) is 25.4 Å². The SMILES string of the molecule is CC1(C)CCC(CN)(OCOCC2CC2)CC1. The Kier molecular flexibility index (Phi) is 4.11. The van der Waals surface area contributed by atoms with Crippen molar-refractivity contribution in [2.75, 3.05) is 19.9 Å². The van der Waals surface area contributed by atoms with Crippen LogP contribution in [-0.2, 0) is 9.47 Å². The Bertz CT molecular complexity index is 239. The molecule has 0 aromatic rings. The zero-order chi connectivity index (χ0) is 12.4. The van der Waals surface area contributed by atoms with E-state index in [4.69, 9.17) is 15.2 Å². The van der Waals surface area contributed by atoms with Crippen molar-refractivity contribution in [3.63, 3.8) is 0 Å². The first kappa shape index (κ1) is 13.3. The number of hydrogen-bond acceptors (Lipinski definition) is 3. The second-order valence-electron chi connectivity index (χ2n) is 6.63. The summed E-state index contributed by atoms with van der Waals surface area (Å²) < 4.78 is 11.5. The quantitative estimate of drug-likeness (QED) is 0.574. The maximum atomic E-state index is 5.94. The van der Waals surface area contributed by atoms with Crippen LogP contribution in [0.2, 0.25) is 0 Å². The zero-order valence-electron chi connectivity index (χ0n) is 11.3. The Morgan fingerprint density at radius 1 is 1.12 bits per heavy atom. The van der Waals surface area contributed by atoms with Crippen molar-refractivity contribution in [2.45, 2.75) is 58.0 Å². The van der Waals surface area contributed by atoms with Crippen LogP contribution in [0.15, 0.2) is 0 Å². The third-order valence-corrected chi connectivity index (χ3v) is 4.39. The van der Waals surface area contributed by atoms with Gasteiger partial charge in [-0.05, 0) is 49.9 Å². The first-order chi connectivity index (χ1) is 8.05. The minimum Gasteiger partial charge on any atom is -0.355 e. The van der Waals surface area contributed by atoms with Crippen molar-refractivity contribution in [2.24, 2.45) is 17.1 Å².